The number of hydrogen-bond acceptors (Lipinski definition) is 3. The molecule has 2 unspecified atom stereocenters. The fraction of sp³-hybridized carbons (Fsp3) is 0.533. The predicted octanol–water partition coefficient (Wildman–Crippen LogP) is 5.14. The lowest BCUT2D eigenvalue weighted by atomic mass is 9.97. The minimum Gasteiger partial charge on any atom is -0.297 e. The van der Waals surface area contributed by atoms with E-state index in [0.717, 1.165) is 11.3 Å². The second-order valence-electron chi connectivity index (χ2n) is 5.45. The Bertz CT molecular complexity index is 499. The van der Waals surface area contributed by atoms with Gasteiger partial charge in [0.2, 0.25) is 0 Å². The van der Waals surface area contributed by atoms with E-state index < -0.39 is 5.54 Å². The van der Waals surface area contributed by atoms with Gasteiger partial charge in [0, 0.05) is 16.2 Å². The van der Waals surface area contributed by atoms with E-state index in [-0.39, 0.29) is 6.04 Å². The summed E-state index contributed by atoms with van der Waals surface area (Å²) in [6, 6.07) is 8.27. The van der Waals surface area contributed by atoms with Crippen LogP contribution >= 0.6 is 35.0 Å². The molecule has 0 heterocycles. The maximum atomic E-state index is 9.37. The number of nitriles is 1. The predicted molar refractivity (Wildman–Crippen MR) is 88.7 cm³/mol. The summed E-state index contributed by atoms with van der Waals surface area (Å²) in [5.41, 5.74) is -0.517. The molecule has 0 aromatic heterocycles. The molecule has 0 radical (unpaired) electrons. The molecule has 0 aliphatic rings. The van der Waals surface area contributed by atoms with Gasteiger partial charge in [-0.05, 0) is 45.4 Å². The average Bonchev–Trinajstić information content (AvgIpc) is 2.32. The summed E-state index contributed by atoms with van der Waals surface area (Å²) in [5.74, 6) is 0. The lowest BCUT2D eigenvalue weighted by Crippen LogP contribution is -2.46. The van der Waals surface area contributed by atoms with Gasteiger partial charge >= 0.3 is 0 Å². The minimum absolute atomic E-state index is 0.279. The molecule has 2 atom stereocenters. The molecular weight excluding hydrogens is 311 g/mol. The molecule has 0 aliphatic heterocycles. The van der Waals surface area contributed by atoms with Crippen LogP contribution in [0.5, 0.6) is 0 Å². The molecule has 1 aromatic rings. The average molecular weight is 331 g/mol. The maximum Gasteiger partial charge on any atom is 0.105 e. The molecule has 2 nitrogen and oxygen atoms in total. The molecule has 0 amide bonds. The van der Waals surface area contributed by atoms with E-state index in [2.05, 4.69) is 18.3 Å². The van der Waals surface area contributed by atoms with E-state index in [4.69, 9.17) is 23.2 Å². The Kier molecular flexibility index (Phi) is 6.68. The number of benzene rings is 1. The summed E-state index contributed by atoms with van der Waals surface area (Å²) in [6.45, 7) is 8.16. The zero-order valence-electron chi connectivity index (χ0n) is 12.2. The molecular formula is C15H20Cl2N2S. The SMILES string of the molecule is CC(C)NC(C)(C#N)CC(C)Sc1ccc(Cl)c(Cl)c1. The van der Waals surface area contributed by atoms with Crippen LogP contribution < -0.4 is 5.32 Å². The maximum absolute atomic E-state index is 9.37. The van der Waals surface area contributed by atoms with Crippen molar-refractivity contribution in [3.8, 4) is 6.07 Å². The quantitative estimate of drug-likeness (QED) is 0.733. The molecule has 0 bridgehead atoms. The van der Waals surface area contributed by atoms with Crippen molar-refractivity contribution >= 4 is 35.0 Å². The first-order valence-electron chi connectivity index (χ1n) is 6.56. The number of nitrogens with zero attached hydrogens (tertiary/aromatic N) is 1. The third-order valence-corrected chi connectivity index (χ3v) is 4.61. The molecule has 0 saturated heterocycles. The van der Waals surface area contributed by atoms with Crippen LogP contribution in [0.1, 0.15) is 34.1 Å². The summed E-state index contributed by atoms with van der Waals surface area (Å²) >= 11 is 13.6. The zero-order valence-corrected chi connectivity index (χ0v) is 14.5. The molecule has 110 valence electrons. The highest BCUT2D eigenvalue weighted by Crippen LogP contribution is 2.32. The molecule has 1 rings (SSSR count). The van der Waals surface area contributed by atoms with E-state index >= 15 is 0 Å². The Morgan fingerprint density at radius 3 is 2.45 bits per heavy atom. The van der Waals surface area contributed by atoms with Crippen LogP contribution in [0.4, 0.5) is 0 Å². The van der Waals surface area contributed by atoms with Crippen LogP contribution in [0.15, 0.2) is 23.1 Å². The van der Waals surface area contributed by atoms with Gasteiger partial charge in [-0.2, -0.15) is 5.26 Å². The van der Waals surface area contributed by atoms with Gasteiger partial charge in [-0.25, -0.2) is 0 Å². The number of hydrogen-bond donors (Lipinski definition) is 1. The van der Waals surface area contributed by atoms with Crippen molar-refractivity contribution in [2.75, 3.05) is 0 Å². The van der Waals surface area contributed by atoms with Gasteiger partial charge in [0.1, 0.15) is 5.54 Å². The first kappa shape index (κ1) is 17.7. The summed E-state index contributed by atoms with van der Waals surface area (Å²) in [7, 11) is 0. The molecule has 1 N–H and O–H groups in total. The van der Waals surface area contributed by atoms with Crippen molar-refractivity contribution in [2.24, 2.45) is 0 Å². The first-order chi connectivity index (χ1) is 9.25. The third kappa shape index (κ3) is 5.54. The van der Waals surface area contributed by atoms with Gasteiger partial charge in [-0.15, -0.1) is 11.8 Å². The Morgan fingerprint density at radius 1 is 1.30 bits per heavy atom. The standard InChI is InChI=1S/C15H20Cl2N2S/c1-10(2)19-15(4,9-18)8-11(3)20-12-5-6-13(16)14(17)7-12/h5-7,10-11,19H,8H2,1-4H3. The van der Waals surface area contributed by atoms with Crippen LogP contribution in [0.3, 0.4) is 0 Å². The lowest BCUT2D eigenvalue weighted by molar-refractivity contribution is 0.382. The molecule has 0 aliphatic carbocycles. The van der Waals surface area contributed by atoms with Crippen molar-refractivity contribution in [1.29, 1.82) is 5.26 Å². The highest BCUT2D eigenvalue weighted by atomic mass is 35.5. The highest BCUT2D eigenvalue weighted by Gasteiger charge is 2.27. The lowest BCUT2D eigenvalue weighted by Gasteiger charge is -2.28. The van der Waals surface area contributed by atoms with Gasteiger partial charge in [0.15, 0.2) is 0 Å². The minimum atomic E-state index is -0.517. The first-order valence-corrected chi connectivity index (χ1v) is 8.20. The van der Waals surface area contributed by atoms with Crippen LogP contribution in [0.25, 0.3) is 0 Å². The largest absolute Gasteiger partial charge is 0.297 e. The Hall–Kier alpha value is -0.400. The zero-order chi connectivity index (χ0) is 15.3. The second-order valence-corrected chi connectivity index (χ2v) is 7.78. The van der Waals surface area contributed by atoms with E-state index in [0.29, 0.717) is 15.3 Å². The highest BCUT2D eigenvalue weighted by molar-refractivity contribution is 8.00. The summed E-state index contributed by atoms with van der Waals surface area (Å²) in [5, 5.41) is 14.1. The molecule has 20 heavy (non-hydrogen) atoms. The van der Waals surface area contributed by atoms with Gasteiger partial charge in [-0.1, -0.05) is 30.1 Å². The van der Waals surface area contributed by atoms with E-state index in [1.165, 1.54) is 0 Å². The Morgan fingerprint density at radius 2 is 1.95 bits per heavy atom. The number of thioether (sulfide) groups is 1. The third-order valence-electron chi connectivity index (χ3n) is 2.78. The van der Waals surface area contributed by atoms with Crippen molar-refractivity contribution < 1.29 is 0 Å². The normalized spacial score (nSPS) is 15.7. The van der Waals surface area contributed by atoms with Crippen LogP contribution in [-0.2, 0) is 0 Å². The van der Waals surface area contributed by atoms with Gasteiger partial charge < -0.3 is 0 Å². The Labute approximate surface area is 135 Å². The van der Waals surface area contributed by atoms with Crippen LogP contribution in [-0.4, -0.2) is 16.8 Å². The van der Waals surface area contributed by atoms with Gasteiger partial charge in [-0.3, -0.25) is 5.32 Å². The van der Waals surface area contributed by atoms with Crippen molar-refractivity contribution in [1.82, 2.24) is 5.32 Å². The van der Waals surface area contributed by atoms with Crippen LogP contribution in [0, 0.1) is 11.3 Å². The molecule has 5 heteroatoms. The monoisotopic (exact) mass is 330 g/mol. The fourth-order valence-electron chi connectivity index (χ4n) is 2.17. The topological polar surface area (TPSA) is 35.8 Å². The molecule has 0 spiro atoms. The van der Waals surface area contributed by atoms with Crippen molar-refractivity contribution in [3.05, 3.63) is 28.2 Å². The van der Waals surface area contributed by atoms with E-state index in [1.54, 1.807) is 17.8 Å². The Balaban J connectivity index is 2.69. The number of rotatable bonds is 6. The van der Waals surface area contributed by atoms with Gasteiger partial charge in [0.25, 0.3) is 0 Å². The van der Waals surface area contributed by atoms with E-state index in [9.17, 15) is 5.26 Å². The molecule has 0 fully saturated rings. The van der Waals surface area contributed by atoms with E-state index in [1.807, 2.05) is 32.9 Å². The van der Waals surface area contributed by atoms with Crippen molar-refractivity contribution in [3.63, 3.8) is 0 Å². The number of nitrogens with one attached hydrogen (secondary N) is 1. The number of halogens is 2. The summed E-state index contributed by atoms with van der Waals surface area (Å²) in [6.07, 6.45) is 0.757. The van der Waals surface area contributed by atoms with Crippen molar-refractivity contribution in [2.45, 2.75) is 55.8 Å². The second kappa shape index (κ2) is 7.56. The summed E-state index contributed by atoms with van der Waals surface area (Å²) in [4.78, 5) is 1.07. The molecule has 0 saturated carbocycles. The van der Waals surface area contributed by atoms with Crippen LogP contribution in [0.2, 0.25) is 10.0 Å². The fourth-order valence-corrected chi connectivity index (χ4v) is 3.75. The van der Waals surface area contributed by atoms with Gasteiger partial charge in [0.05, 0.1) is 16.1 Å². The smallest absolute Gasteiger partial charge is 0.105 e. The summed E-state index contributed by atoms with van der Waals surface area (Å²) < 4.78 is 0. The molecule has 1 aromatic carbocycles.